The number of primary amides is 1. The normalized spacial score (nSPS) is 16.2. The first-order valence-electron chi connectivity index (χ1n) is 7.12. The summed E-state index contributed by atoms with van der Waals surface area (Å²) in [6, 6.07) is 0. The van der Waals surface area contributed by atoms with Crippen molar-refractivity contribution in [1.82, 2.24) is 5.32 Å². The first-order chi connectivity index (χ1) is 8.50. The number of nitrogens with two attached hydrogens (primary N) is 1. The minimum atomic E-state index is -0.752. The third kappa shape index (κ3) is 6.36. The van der Waals surface area contributed by atoms with Gasteiger partial charge in [0, 0.05) is 6.61 Å². The predicted molar refractivity (Wildman–Crippen MR) is 75.4 cm³/mol. The van der Waals surface area contributed by atoms with E-state index in [0.29, 0.717) is 25.7 Å². The van der Waals surface area contributed by atoms with Crippen molar-refractivity contribution in [2.75, 3.05) is 19.8 Å². The molecule has 0 heterocycles. The van der Waals surface area contributed by atoms with Crippen LogP contribution >= 0.6 is 0 Å². The standard InChI is InChI=1S/C14H30N2O2/c1-5-8-9-12(6-2)10-18-11-14(4,13(15)17)16-7-3/h12,16H,5-11H2,1-4H3,(H2,15,17). The van der Waals surface area contributed by atoms with Crippen LogP contribution in [-0.2, 0) is 9.53 Å². The van der Waals surface area contributed by atoms with Gasteiger partial charge in [-0.25, -0.2) is 0 Å². The summed E-state index contributed by atoms with van der Waals surface area (Å²) in [7, 11) is 0. The summed E-state index contributed by atoms with van der Waals surface area (Å²) in [5.41, 5.74) is 4.65. The molecule has 0 bridgehead atoms. The van der Waals surface area contributed by atoms with E-state index in [9.17, 15) is 4.79 Å². The molecular formula is C14H30N2O2. The van der Waals surface area contributed by atoms with Crippen LogP contribution in [0.3, 0.4) is 0 Å². The van der Waals surface area contributed by atoms with Crippen molar-refractivity contribution in [1.29, 1.82) is 0 Å². The Bertz CT molecular complexity index is 234. The van der Waals surface area contributed by atoms with Crippen LogP contribution in [0.25, 0.3) is 0 Å². The lowest BCUT2D eigenvalue weighted by molar-refractivity contribution is -0.126. The number of carbonyl (C=O) groups excluding carboxylic acids is 1. The Morgan fingerprint density at radius 1 is 1.39 bits per heavy atom. The average Bonchev–Trinajstić information content (AvgIpc) is 2.33. The van der Waals surface area contributed by atoms with Crippen LogP contribution in [0, 0.1) is 5.92 Å². The van der Waals surface area contributed by atoms with Gasteiger partial charge in [0.05, 0.1) is 6.61 Å². The Hall–Kier alpha value is -0.610. The number of amides is 1. The third-order valence-corrected chi connectivity index (χ3v) is 3.40. The van der Waals surface area contributed by atoms with Crippen LogP contribution in [-0.4, -0.2) is 31.2 Å². The van der Waals surface area contributed by atoms with Crippen molar-refractivity contribution in [3.05, 3.63) is 0 Å². The van der Waals surface area contributed by atoms with E-state index < -0.39 is 5.54 Å². The highest BCUT2D eigenvalue weighted by Crippen LogP contribution is 2.14. The Morgan fingerprint density at radius 2 is 2.06 bits per heavy atom. The Morgan fingerprint density at radius 3 is 2.50 bits per heavy atom. The summed E-state index contributed by atoms with van der Waals surface area (Å²) < 4.78 is 5.70. The highest BCUT2D eigenvalue weighted by atomic mass is 16.5. The van der Waals surface area contributed by atoms with Crippen LogP contribution in [0.2, 0.25) is 0 Å². The molecule has 0 spiro atoms. The van der Waals surface area contributed by atoms with E-state index in [4.69, 9.17) is 10.5 Å². The van der Waals surface area contributed by atoms with Gasteiger partial charge >= 0.3 is 0 Å². The lowest BCUT2D eigenvalue weighted by Crippen LogP contribution is -2.56. The topological polar surface area (TPSA) is 64.3 Å². The molecule has 0 aliphatic heterocycles. The number of likely N-dealkylation sites (N-methyl/N-ethyl adjacent to an activating group) is 1. The lowest BCUT2D eigenvalue weighted by atomic mass is 10.00. The zero-order valence-corrected chi connectivity index (χ0v) is 12.4. The Balaban J connectivity index is 4.08. The van der Waals surface area contributed by atoms with E-state index in [1.807, 2.05) is 6.92 Å². The second kappa shape index (κ2) is 9.34. The number of rotatable bonds is 11. The predicted octanol–water partition coefficient (Wildman–Crippen LogP) is 2.07. The van der Waals surface area contributed by atoms with E-state index >= 15 is 0 Å². The molecule has 18 heavy (non-hydrogen) atoms. The number of hydrogen-bond donors (Lipinski definition) is 2. The first-order valence-corrected chi connectivity index (χ1v) is 7.12. The van der Waals surface area contributed by atoms with Gasteiger partial charge in [-0.3, -0.25) is 4.79 Å². The minimum Gasteiger partial charge on any atom is -0.379 e. The molecule has 2 atom stereocenters. The molecule has 0 aromatic carbocycles. The number of unbranched alkanes of at least 4 members (excludes halogenated alkanes) is 1. The van der Waals surface area contributed by atoms with E-state index in [0.717, 1.165) is 6.42 Å². The smallest absolute Gasteiger partial charge is 0.239 e. The number of ether oxygens (including phenoxy) is 1. The van der Waals surface area contributed by atoms with Gasteiger partial charge < -0.3 is 15.8 Å². The van der Waals surface area contributed by atoms with Crippen LogP contribution in [0.5, 0.6) is 0 Å². The maximum atomic E-state index is 11.4. The zero-order valence-electron chi connectivity index (χ0n) is 12.4. The van der Waals surface area contributed by atoms with E-state index in [1.165, 1.54) is 19.3 Å². The summed E-state index contributed by atoms with van der Waals surface area (Å²) in [4.78, 5) is 11.4. The van der Waals surface area contributed by atoms with Crippen molar-refractivity contribution >= 4 is 5.91 Å². The van der Waals surface area contributed by atoms with Crippen LogP contribution in [0.1, 0.15) is 53.4 Å². The van der Waals surface area contributed by atoms with Crippen molar-refractivity contribution in [3.63, 3.8) is 0 Å². The zero-order chi connectivity index (χ0) is 14.0. The van der Waals surface area contributed by atoms with Gasteiger partial charge in [0.2, 0.25) is 5.91 Å². The molecule has 0 radical (unpaired) electrons. The quantitative estimate of drug-likeness (QED) is 0.596. The molecule has 0 saturated heterocycles. The van der Waals surface area contributed by atoms with Gasteiger partial charge in [-0.15, -0.1) is 0 Å². The molecular weight excluding hydrogens is 228 g/mol. The van der Waals surface area contributed by atoms with E-state index in [2.05, 4.69) is 19.2 Å². The largest absolute Gasteiger partial charge is 0.379 e. The molecule has 0 saturated carbocycles. The minimum absolute atomic E-state index is 0.346. The maximum absolute atomic E-state index is 11.4. The molecule has 0 aliphatic carbocycles. The van der Waals surface area contributed by atoms with E-state index in [1.54, 1.807) is 6.92 Å². The molecule has 2 unspecified atom stereocenters. The van der Waals surface area contributed by atoms with Crippen LogP contribution in [0.4, 0.5) is 0 Å². The van der Waals surface area contributed by atoms with Crippen molar-refractivity contribution in [3.8, 4) is 0 Å². The van der Waals surface area contributed by atoms with Gasteiger partial charge in [-0.2, -0.15) is 0 Å². The molecule has 0 aliphatic rings. The molecule has 0 rings (SSSR count). The number of carbonyl (C=O) groups is 1. The van der Waals surface area contributed by atoms with Gasteiger partial charge in [-0.05, 0) is 25.8 Å². The monoisotopic (exact) mass is 258 g/mol. The van der Waals surface area contributed by atoms with Gasteiger partial charge in [0.25, 0.3) is 0 Å². The molecule has 0 fully saturated rings. The highest BCUT2D eigenvalue weighted by Gasteiger charge is 2.30. The summed E-state index contributed by atoms with van der Waals surface area (Å²) in [6.07, 6.45) is 4.77. The summed E-state index contributed by atoms with van der Waals surface area (Å²) >= 11 is 0. The molecule has 1 amide bonds. The fourth-order valence-corrected chi connectivity index (χ4v) is 1.93. The first kappa shape index (κ1) is 17.4. The van der Waals surface area contributed by atoms with Gasteiger partial charge in [0.1, 0.15) is 5.54 Å². The third-order valence-electron chi connectivity index (χ3n) is 3.40. The molecule has 0 aromatic rings. The molecule has 0 aromatic heterocycles. The number of nitrogens with one attached hydrogen (secondary N) is 1. The average molecular weight is 258 g/mol. The van der Waals surface area contributed by atoms with Crippen LogP contribution in [0.15, 0.2) is 0 Å². The fraction of sp³-hybridized carbons (Fsp3) is 0.929. The summed E-state index contributed by atoms with van der Waals surface area (Å²) in [5, 5.41) is 3.09. The second-order valence-electron chi connectivity index (χ2n) is 5.16. The SMILES string of the molecule is CCCCC(CC)COCC(C)(NCC)C(N)=O. The molecule has 4 nitrogen and oxygen atoms in total. The molecule has 3 N–H and O–H groups in total. The van der Waals surface area contributed by atoms with Crippen molar-refractivity contribution in [2.24, 2.45) is 11.7 Å². The fourth-order valence-electron chi connectivity index (χ4n) is 1.93. The lowest BCUT2D eigenvalue weighted by Gasteiger charge is -2.27. The summed E-state index contributed by atoms with van der Waals surface area (Å²) in [5.74, 6) is 0.231. The Labute approximate surface area is 112 Å². The van der Waals surface area contributed by atoms with Gasteiger partial charge in [-0.1, -0.05) is 40.0 Å². The summed E-state index contributed by atoms with van der Waals surface area (Å²) in [6.45, 7) is 9.90. The maximum Gasteiger partial charge on any atom is 0.239 e. The van der Waals surface area contributed by atoms with Crippen molar-refractivity contribution in [2.45, 2.75) is 58.9 Å². The van der Waals surface area contributed by atoms with Crippen LogP contribution < -0.4 is 11.1 Å². The van der Waals surface area contributed by atoms with Crippen molar-refractivity contribution < 1.29 is 9.53 Å². The Kier molecular flexibility index (Phi) is 9.02. The van der Waals surface area contributed by atoms with Gasteiger partial charge in [0.15, 0.2) is 0 Å². The highest BCUT2D eigenvalue weighted by molar-refractivity contribution is 5.84. The van der Waals surface area contributed by atoms with E-state index in [-0.39, 0.29) is 5.91 Å². The molecule has 4 heteroatoms. The second-order valence-corrected chi connectivity index (χ2v) is 5.16. The number of hydrogen-bond acceptors (Lipinski definition) is 3. The molecule has 108 valence electrons.